The fourth-order valence-electron chi connectivity index (χ4n) is 1.14. The molecule has 0 aromatic rings. The summed E-state index contributed by atoms with van der Waals surface area (Å²) in [5.74, 6) is 0. The van der Waals surface area contributed by atoms with Crippen LogP contribution in [-0.2, 0) is 4.74 Å². The molecule has 1 heteroatoms. The van der Waals surface area contributed by atoms with Crippen LogP contribution >= 0.6 is 0 Å². The molecule has 0 aromatic heterocycles. The van der Waals surface area contributed by atoms with Gasteiger partial charge in [0.1, 0.15) is 0 Å². The molecule has 0 aliphatic carbocycles. The summed E-state index contributed by atoms with van der Waals surface area (Å²) >= 11 is 0. The fraction of sp³-hybridized carbons (Fsp3) is 1.00. The van der Waals surface area contributed by atoms with Gasteiger partial charge < -0.3 is 4.74 Å². The molecule has 0 aromatic carbocycles. The highest BCUT2D eigenvalue weighted by molar-refractivity contribution is 4.65. The molecule has 0 unspecified atom stereocenters. The van der Waals surface area contributed by atoms with Gasteiger partial charge in [-0.15, -0.1) is 0 Å². The third kappa shape index (κ3) is 4.46. The van der Waals surface area contributed by atoms with E-state index >= 15 is 0 Å². The summed E-state index contributed by atoms with van der Waals surface area (Å²) in [6.45, 7) is 7.55. The van der Waals surface area contributed by atoms with Crippen LogP contribution in [0.4, 0.5) is 0 Å². The summed E-state index contributed by atoms with van der Waals surface area (Å²) < 4.78 is 5.06. The van der Waals surface area contributed by atoms with Crippen LogP contribution in [0.15, 0.2) is 0 Å². The fourth-order valence-corrected chi connectivity index (χ4v) is 1.14. The van der Waals surface area contributed by atoms with Crippen molar-refractivity contribution in [2.75, 3.05) is 13.7 Å². The Kier molecular flexibility index (Phi) is 3.87. The maximum atomic E-state index is 5.06. The Balaban J connectivity index is 3.43. The zero-order chi connectivity index (χ0) is 7.33. The molecule has 0 fully saturated rings. The van der Waals surface area contributed by atoms with Gasteiger partial charge in [-0.3, -0.25) is 0 Å². The largest absolute Gasteiger partial charge is 0.384 e. The third-order valence-corrected chi connectivity index (χ3v) is 1.46. The Labute approximate surface area is 58.4 Å². The van der Waals surface area contributed by atoms with Gasteiger partial charge in [0.15, 0.2) is 0 Å². The lowest BCUT2D eigenvalue weighted by Gasteiger charge is -2.22. The molecule has 0 saturated carbocycles. The molecular weight excluding hydrogens is 112 g/mol. The second kappa shape index (κ2) is 3.89. The summed E-state index contributed by atoms with van der Waals surface area (Å²) in [6, 6.07) is 0. The van der Waals surface area contributed by atoms with Gasteiger partial charge in [0.25, 0.3) is 0 Å². The molecule has 0 radical (unpaired) electrons. The predicted octanol–water partition coefficient (Wildman–Crippen LogP) is 2.46. The maximum absolute atomic E-state index is 5.06. The van der Waals surface area contributed by atoms with Gasteiger partial charge in [-0.05, 0) is 11.8 Å². The number of rotatable bonds is 4. The first-order valence-corrected chi connectivity index (χ1v) is 3.61. The van der Waals surface area contributed by atoms with E-state index in [-0.39, 0.29) is 0 Å². The summed E-state index contributed by atoms with van der Waals surface area (Å²) in [4.78, 5) is 0. The van der Waals surface area contributed by atoms with Gasteiger partial charge in [-0.2, -0.15) is 0 Å². The van der Waals surface area contributed by atoms with Crippen molar-refractivity contribution in [3.05, 3.63) is 0 Å². The zero-order valence-electron chi connectivity index (χ0n) is 7.03. The van der Waals surface area contributed by atoms with E-state index in [0.29, 0.717) is 5.41 Å². The van der Waals surface area contributed by atoms with Gasteiger partial charge in [0.2, 0.25) is 0 Å². The van der Waals surface area contributed by atoms with Crippen molar-refractivity contribution in [3.63, 3.8) is 0 Å². The molecule has 0 aliphatic heterocycles. The predicted molar refractivity (Wildman–Crippen MR) is 40.6 cm³/mol. The second-order valence-electron chi connectivity index (χ2n) is 3.35. The van der Waals surface area contributed by atoms with E-state index in [2.05, 4.69) is 20.8 Å². The number of methoxy groups -OCH3 is 1. The number of ether oxygens (including phenoxy) is 1. The highest BCUT2D eigenvalue weighted by Crippen LogP contribution is 2.21. The molecule has 1 nitrogen and oxygen atoms in total. The van der Waals surface area contributed by atoms with E-state index in [4.69, 9.17) is 4.74 Å². The van der Waals surface area contributed by atoms with Crippen LogP contribution in [0.3, 0.4) is 0 Å². The first kappa shape index (κ1) is 8.96. The van der Waals surface area contributed by atoms with Gasteiger partial charge in [-0.25, -0.2) is 0 Å². The summed E-state index contributed by atoms with van der Waals surface area (Å²) in [5, 5.41) is 0. The van der Waals surface area contributed by atoms with Crippen molar-refractivity contribution in [1.29, 1.82) is 0 Å². The van der Waals surface area contributed by atoms with Crippen LogP contribution < -0.4 is 0 Å². The third-order valence-electron chi connectivity index (χ3n) is 1.46. The van der Waals surface area contributed by atoms with E-state index in [0.717, 1.165) is 6.61 Å². The lowest BCUT2D eigenvalue weighted by Crippen LogP contribution is -2.17. The van der Waals surface area contributed by atoms with Crippen molar-refractivity contribution in [2.24, 2.45) is 5.41 Å². The van der Waals surface area contributed by atoms with E-state index in [1.54, 1.807) is 7.11 Å². The van der Waals surface area contributed by atoms with Crippen molar-refractivity contribution < 1.29 is 4.74 Å². The van der Waals surface area contributed by atoms with Crippen LogP contribution in [0.1, 0.15) is 33.6 Å². The minimum atomic E-state index is 0.378. The molecule has 0 amide bonds. The summed E-state index contributed by atoms with van der Waals surface area (Å²) in [7, 11) is 1.76. The molecule has 0 saturated heterocycles. The van der Waals surface area contributed by atoms with Crippen molar-refractivity contribution >= 4 is 0 Å². The van der Waals surface area contributed by atoms with Crippen LogP contribution in [0.25, 0.3) is 0 Å². The minimum absolute atomic E-state index is 0.378. The summed E-state index contributed by atoms with van der Waals surface area (Å²) in [6.07, 6.45) is 2.50. The smallest absolute Gasteiger partial charge is 0.0513 e. The molecule has 0 atom stereocenters. The van der Waals surface area contributed by atoms with Crippen molar-refractivity contribution in [1.82, 2.24) is 0 Å². The molecule has 0 spiro atoms. The Morgan fingerprint density at radius 3 is 2.22 bits per heavy atom. The molecule has 0 heterocycles. The molecule has 0 N–H and O–H groups in total. The first-order chi connectivity index (χ1) is 4.12. The molecule has 0 bridgehead atoms. The molecule has 9 heavy (non-hydrogen) atoms. The standard InChI is InChI=1S/C8H18O/c1-5-6-8(2,3)7-9-4/h5-7H2,1-4H3. The van der Waals surface area contributed by atoms with Crippen LogP contribution in [0.2, 0.25) is 0 Å². The van der Waals surface area contributed by atoms with E-state index in [1.807, 2.05) is 0 Å². The molecule has 0 rings (SSSR count). The van der Waals surface area contributed by atoms with Crippen molar-refractivity contribution in [3.8, 4) is 0 Å². The molecule has 56 valence electrons. The van der Waals surface area contributed by atoms with Crippen molar-refractivity contribution in [2.45, 2.75) is 33.6 Å². The Hall–Kier alpha value is -0.0400. The lowest BCUT2D eigenvalue weighted by atomic mass is 9.89. The zero-order valence-corrected chi connectivity index (χ0v) is 7.03. The highest BCUT2D eigenvalue weighted by atomic mass is 16.5. The van der Waals surface area contributed by atoms with E-state index in [1.165, 1.54) is 12.8 Å². The topological polar surface area (TPSA) is 9.23 Å². The van der Waals surface area contributed by atoms with Gasteiger partial charge in [0.05, 0.1) is 6.61 Å². The summed E-state index contributed by atoms with van der Waals surface area (Å²) in [5.41, 5.74) is 0.378. The Morgan fingerprint density at radius 1 is 1.33 bits per heavy atom. The van der Waals surface area contributed by atoms with E-state index in [9.17, 15) is 0 Å². The van der Waals surface area contributed by atoms with Gasteiger partial charge >= 0.3 is 0 Å². The number of hydrogen-bond donors (Lipinski definition) is 0. The quantitative estimate of drug-likeness (QED) is 0.568. The minimum Gasteiger partial charge on any atom is -0.384 e. The van der Waals surface area contributed by atoms with Crippen LogP contribution in [0, 0.1) is 5.41 Å². The Morgan fingerprint density at radius 2 is 1.89 bits per heavy atom. The first-order valence-electron chi connectivity index (χ1n) is 3.61. The monoisotopic (exact) mass is 130 g/mol. The maximum Gasteiger partial charge on any atom is 0.0513 e. The van der Waals surface area contributed by atoms with Crippen LogP contribution in [-0.4, -0.2) is 13.7 Å². The van der Waals surface area contributed by atoms with Gasteiger partial charge in [0, 0.05) is 7.11 Å². The number of hydrogen-bond acceptors (Lipinski definition) is 1. The average molecular weight is 130 g/mol. The SMILES string of the molecule is CCCC(C)(C)COC. The van der Waals surface area contributed by atoms with E-state index < -0.39 is 0 Å². The van der Waals surface area contributed by atoms with Crippen LogP contribution in [0.5, 0.6) is 0 Å². The normalized spacial score (nSPS) is 12.0. The lowest BCUT2D eigenvalue weighted by molar-refractivity contribution is 0.0977. The highest BCUT2D eigenvalue weighted by Gasteiger charge is 2.15. The second-order valence-corrected chi connectivity index (χ2v) is 3.35. The van der Waals surface area contributed by atoms with Gasteiger partial charge in [-0.1, -0.05) is 27.2 Å². The molecule has 0 aliphatic rings. The average Bonchev–Trinajstić information content (AvgIpc) is 1.64. The Bertz CT molecular complexity index is 59.0. The molecular formula is C8H18O.